The van der Waals surface area contributed by atoms with Crippen molar-refractivity contribution in [1.29, 1.82) is 0 Å². The Bertz CT molecular complexity index is 1010. The van der Waals surface area contributed by atoms with Crippen LogP contribution in [0.1, 0.15) is 24.8 Å². The van der Waals surface area contributed by atoms with Crippen LogP contribution in [0.4, 0.5) is 5.69 Å². The molecule has 10 rings (SSSR count). The van der Waals surface area contributed by atoms with Gasteiger partial charge in [-0.2, -0.15) is 0 Å². The molecule has 0 aromatic heterocycles. The van der Waals surface area contributed by atoms with Crippen molar-refractivity contribution in [2.45, 2.75) is 60.3 Å². The average molecular weight is 382 g/mol. The van der Waals surface area contributed by atoms with Crippen LogP contribution in [0.25, 0.3) is 0 Å². The SMILES string of the molecule is COc1cccc2c1NC13CC[C@@]45[C@H]6N(CC[C@@H]4O)[C@H]4O[C@@H]5[C@@]1(O)C(=O)[C@H]4[C@]263. The molecule has 0 radical (unpaired) electrons. The molecular formula is C21H22N2O5. The molecule has 2 unspecified atom stereocenters. The van der Waals surface area contributed by atoms with Gasteiger partial charge in [-0.1, -0.05) is 12.1 Å². The first-order chi connectivity index (χ1) is 13.5. The van der Waals surface area contributed by atoms with Gasteiger partial charge in [-0.3, -0.25) is 9.69 Å². The van der Waals surface area contributed by atoms with Gasteiger partial charge in [0, 0.05) is 18.0 Å². The van der Waals surface area contributed by atoms with Gasteiger partial charge in [0.2, 0.25) is 0 Å². The zero-order valence-corrected chi connectivity index (χ0v) is 15.5. The second-order valence-corrected chi connectivity index (χ2v) is 9.85. The van der Waals surface area contributed by atoms with E-state index in [2.05, 4.69) is 16.3 Å². The Hall–Kier alpha value is -1.67. The third-order valence-electron chi connectivity index (χ3n) is 9.78. The number of hydrogen-bond acceptors (Lipinski definition) is 7. The number of carbonyl (C=O) groups excluding carboxylic acids is 1. The fraction of sp³-hybridized carbons (Fsp3) is 0.667. The van der Waals surface area contributed by atoms with E-state index in [0.717, 1.165) is 30.0 Å². The lowest BCUT2D eigenvalue weighted by atomic mass is 9.39. The summed E-state index contributed by atoms with van der Waals surface area (Å²) in [4.78, 5) is 16.1. The van der Waals surface area contributed by atoms with E-state index < -0.39 is 40.1 Å². The number of nitrogens with one attached hydrogen (secondary N) is 1. The predicted molar refractivity (Wildman–Crippen MR) is 95.9 cm³/mol. The van der Waals surface area contributed by atoms with Gasteiger partial charge in [-0.05, 0) is 30.9 Å². The second kappa shape index (κ2) is 3.86. The number of ketones is 1. The van der Waals surface area contributed by atoms with Gasteiger partial charge in [0.25, 0.3) is 0 Å². The minimum atomic E-state index is -1.61. The standard InChI is InChI=1S/C21H22N2O5/c1-27-10-4-2-3-9-13(10)22-19-7-6-18-11(24)5-8-23-15-12(20(9,19)16(18)23)14(25)21(19,26)17(18)28-15/h2-4,11-12,15-17,22,24,26H,5-8H2,1H3/t11-,12+,15-,16+,17-,18-,19?,20+,21-/m0/s1. The van der Waals surface area contributed by atoms with Gasteiger partial charge in [0.05, 0.1) is 35.8 Å². The molecule has 1 aromatic rings. The Balaban J connectivity index is 1.56. The zero-order chi connectivity index (χ0) is 18.8. The number of Topliss-reactive ketones (excluding diaryl/α,β-unsaturated/α-hetero) is 1. The fourth-order valence-corrected chi connectivity index (χ4v) is 9.32. The van der Waals surface area contributed by atoms with Crippen LogP contribution in [0.15, 0.2) is 18.2 Å². The van der Waals surface area contributed by atoms with Crippen LogP contribution in [0, 0.1) is 11.3 Å². The first-order valence-corrected chi connectivity index (χ1v) is 10.3. The molecule has 1 aromatic carbocycles. The van der Waals surface area contributed by atoms with Crippen LogP contribution in [0.3, 0.4) is 0 Å². The summed E-state index contributed by atoms with van der Waals surface area (Å²) in [6.07, 6.45) is 0.550. The molecule has 3 N–H and O–H groups in total. The van der Waals surface area contributed by atoms with Gasteiger partial charge in [-0.15, -0.1) is 0 Å². The van der Waals surface area contributed by atoms with E-state index in [9.17, 15) is 15.0 Å². The molecule has 5 aliphatic heterocycles. The van der Waals surface area contributed by atoms with Crippen molar-refractivity contribution in [3.05, 3.63) is 23.8 Å². The second-order valence-electron chi connectivity index (χ2n) is 9.85. The summed E-state index contributed by atoms with van der Waals surface area (Å²) < 4.78 is 12.1. The van der Waals surface area contributed by atoms with Crippen LogP contribution in [0.2, 0.25) is 0 Å². The Morgan fingerprint density at radius 2 is 2.21 bits per heavy atom. The van der Waals surface area contributed by atoms with Gasteiger partial charge >= 0.3 is 0 Å². The lowest BCUT2D eigenvalue weighted by Crippen LogP contribution is -2.90. The minimum absolute atomic E-state index is 0.00108. The smallest absolute Gasteiger partial charge is 0.177 e. The number of aliphatic hydroxyl groups excluding tert-OH is 1. The van der Waals surface area contributed by atoms with Crippen molar-refractivity contribution in [1.82, 2.24) is 4.90 Å². The van der Waals surface area contributed by atoms with Gasteiger partial charge in [0.15, 0.2) is 11.4 Å². The summed E-state index contributed by atoms with van der Waals surface area (Å²) >= 11 is 0. The highest BCUT2D eigenvalue weighted by molar-refractivity contribution is 6.04. The Morgan fingerprint density at radius 1 is 1.36 bits per heavy atom. The molecule has 3 spiro atoms. The molecule has 9 bridgehead atoms. The van der Waals surface area contributed by atoms with Crippen LogP contribution in [-0.4, -0.2) is 70.2 Å². The molecule has 28 heavy (non-hydrogen) atoms. The Labute approximate surface area is 161 Å². The molecule has 146 valence electrons. The van der Waals surface area contributed by atoms with Crippen molar-refractivity contribution in [2.75, 3.05) is 19.0 Å². The van der Waals surface area contributed by atoms with Gasteiger partial charge in [-0.25, -0.2) is 0 Å². The molecule has 0 amide bonds. The molecule has 4 aliphatic carbocycles. The third-order valence-corrected chi connectivity index (χ3v) is 9.78. The molecule has 4 saturated carbocycles. The summed E-state index contributed by atoms with van der Waals surface area (Å²) in [6.45, 7) is 0.726. The summed E-state index contributed by atoms with van der Waals surface area (Å²) in [6, 6.07) is 5.98. The van der Waals surface area contributed by atoms with Crippen LogP contribution in [0.5, 0.6) is 5.75 Å². The molecule has 5 heterocycles. The number of benzene rings is 1. The number of carbonyl (C=O) groups is 1. The lowest BCUT2D eigenvalue weighted by molar-refractivity contribution is -0.348. The first kappa shape index (κ1) is 15.2. The number of ether oxygens (including phenoxy) is 2. The van der Waals surface area contributed by atoms with Crippen molar-refractivity contribution in [3.63, 3.8) is 0 Å². The molecule has 8 fully saturated rings. The summed E-state index contributed by atoms with van der Waals surface area (Å²) in [5.74, 6) is 0.248. The monoisotopic (exact) mass is 382 g/mol. The van der Waals surface area contributed by atoms with Crippen LogP contribution in [-0.2, 0) is 14.9 Å². The summed E-state index contributed by atoms with van der Waals surface area (Å²) in [5, 5.41) is 27.0. The fourth-order valence-electron chi connectivity index (χ4n) is 9.32. The summed E-state index contributed by atoms with van der Waals surface area (Å²) in [5.41, 5.74) is -1.63. The van der Waals surface area contributed by atoms with Gasteiger partial charge < -0.3 is 25.0 Å². The number of anilines is 1. The number of para-hydroxylation sites is 1. The Morgan fingerprint density at radius 3 is 3.04 bits per heavy atom. The van der Waals surface area contributed by atoms with Crippen molar-refractivity contribution in [3.8, 4) is 5.75 Å². The number of fused-ring (bicyclic) bond motifs is 2. The van der Waals surface area contributed by atoms with Gasteiger partial charge in [0.1, 0.15) is 18.1 Å². The highest BCUT2D eigenvalue weighted by Crippen LogP contribution is 2.84. The minimum Gasteiger partial charge on any atom is -0.495 e. The summed E-state index contributed by atoms with van der Waals surface area (Å²) in [7, 11) is 1.65. The van der Waals surface area contributed by atoms with Crippen LogP contribution < -0.4 is 10.1 Å². The normalized spacial score (nSPS) is 60.2. The number of methoxy groups -OCH3 is 1. The topological polar surface area (TPSA) is 91.3 Å². The molecule has 9 aliphatic rings. The number of piperidine rings is 1. The number of nitrogens with zero attached hydrogens (tertiary/aromatic N) is 1. The van der Waals surface area contributed by atoms with E-state index in [0.29, 0.717) is 12.8 Å². The van der Waals surface area contributed by atoms with E-state index in [-0.39, 0.29) is 18.1 Å². The first-order valence-electron chi connectivity index (χ1n) is 10.3. The molecule has 7 nitrogen and oxygen atoms in total. The molecule has 7 heteroatoms. The highest BCUT2D eigenvalue weighted by Gasteiger charge is 2.99. The van der Waals surface area contributed by atoms with E-state index in [1.54, 1.807) is 7.11 Å². The molecule has 10 atom stereocenters. The van der Waals surface area contributed by atoms with E-state index in [4.69, 9.17) is 9.47 Å². The molecule has 4 saturated heterocycles. The maximum atomic E-state index is 13.8. The van der Waals surface area contributed by atoms with Crippen LogP contribution >= 0.6 is 0 Å². The molecular weight excluding hydrogens is 360 g/mol. The Kier molecular flexibility index (Phi) is 2.10. The van der Waals surface area contributed by atoms with Crippen molar-refractivity contribution in [2.24, 2.45) is 11.3 Å². The van der Waals surface area contributed by atoms with Crippen molar-refractivity contribution >= 4 is 11.5 Å². The number of aliphatic hydroxyl groups is 2. The quantitative estimate of drug-likeness (QED) is 0.630. The number of rotatable bonds is 1. The number of hydrogen-bond donors (Lipinski definition) is 3. The third kappa shape index (κ3) is 0.962. The zero-order valence-electron chi connectivity index (χ0n) is 15.5. The van der Waals surface area contributed by atoms with E-state index in [1.165, 1.54) is 0 Å². The maximum Gasteiger partial charge on any atom is 0.177 e. The maximum absolute atomic E-state index is 13.8. The van der Waals surface area contributed by atoms with Crippen molar-refractivity contribution < 1.29 is 24.5 Å². The van der Waals surface area contributed by atoms with E-state index in [1.807, 2.05) is 12.1 Å². The predicted octanol–water partition coefficient (Wildman–Crippen LogP) is -0.00520. The van der Waals surface area contributed by atoms with E-state index >= 15 is 0 Å². The lowest BCUT2D eigenvalue weighted by Gasteiger charge is -2.74. The average Bonchev–Trinajstić information content (AvgIpc) is 3.18. The largest absolute Gasteiger partial charge is 0.495 e. The highest BCUT2D eigenvalue weighted by atomic mass is 16.5.